The summed E-state index contributed by atoms with van der Waals surface area (Å²) in [7, 11) is 0. The Balaban J connectivity index is 1.74. The molecule has 0 unspecified atom stereocenters. The van der Waals surface area contributed by atoms with E-state index in [9.17, 15) is 13.2 Å². The van der Waals surface area contributed by atoms with Gasteiger partial charge in [0.2, 0.25) is 0 Å². The van der Waals surface area contributed by atoms with Gasteiger partial charge < -0.3 is 4.74 Å². The van der Waals surface area contributed by atoms with E-state index in [0.717, 1.165) is 0 Å². The van der Waals surface area contributed by atoms with E-state index in [-0.39, 0.29) is 11.6 Å². The van der Waals surface area contributed by atoms with Crippen molar-refractivity contribution in [1.29, 1.82) is 0 Å². The number of nitrogens with zero attached hydrogens (tertiary/aromatic N) is 4. The topological polar surface area (TPSA) is 52.8 Å². The summed E-state index contributed by atoms with van der Waals surface area (Å²) in [6.45, 7) is -2.88. The molecule has 0 bridgehead atoms. The summed E-state index contributed by atoms with van der Waals surface area (Å²) in [5, 5.41) is 11.4. The van der Waals surface area contributed by atoms with Crippen LogP contribution in [0.25, 0.3) is 5.69 Å². The molecule has 0 aliphatic heterocycles. The van der Waals surface area contributed by atoms with E-state index in [4.69, 9.17) is 0 Å². The van der Waals surface area contributed by atoms with E-state index >= 15 is 0 Å². The van der Waals surface area contributed by atoms with Gasteiger partial charge in [0.05, 0.1) is 11.4 Å². The molecule has 0 spiro atoms. The molecule has 0 fully saturated rings. The van der Waals surface area contributed by atoms with Crippen LogP contribution in [0.4, 0.5) is 13.2 Å². The number of benzene rings is 2. The minimum Gasteiger partial charge on any atom is -0.435 e. The van der Waals surface area contributed by atoms with E-state index in [1.807, 2.05) is 0 Å². The van der Waals surface area contributed by atoms with Gasteiger partial charge in [0.25, 0.3) is 0 Å². The Hall–Kier alpha value is -2.55. The summed E-state index contributed by atoms with van der Waals surface area (Å²) < 4.78 is 43.7. The second-order valence-electron chi connectivity index (χ2n) is 4.60. The number of tetrazole rings is 1. The lowest BCUT2D eigenvalue weighted by Crippen LogP contribution is -2.04. The second-order valence-corrected chi connectivity index (χ2v) is 5.62. The Morgan fingerprint density at radius 3 is 2.54 bits per heavy atom. The van der Waals surface area contributed by atoms with Crippen molar-refractivity contribution in [2.75, 3.05) is 0 Å². The van der Waals surface area contributed by atoms with Crippen molar-refractivity contribution in [3.8, 4) is 11.4 Å². The van der Waals surface area contributed by atoms with Crippen LogP contribution in [0.2, 0.25) is 0 Å². The molecule has 0 aliphatic carbocycles. The first-order valence-corrected chi connectivity index (χ1v) is 7.82. The molecule has 124 valence electrons. The molecule has 24 heavy (non-hydrogen) atoms. The van der Waals surface area contributed by atoms with Gasteiger partial charge in [-0.15, -0.1) is 16.9 Å². The number of ether oxygens (including phenoxy) is 1. The molecule has 0 N–H and O–H groups in total. The van der Waals surface area contributed by atoms with Gasteiger partial charge in [-0.2, -0.15) is 13.5 Å². The summed E-state index contributed by atoms with van der Waals surface area (Å²) in [4.78, 5) is 0.493. The minimum absolute atomic E-state index is 0.0455. The van der Waals surface area contributed by atoms with Gasteiger partial charge in [-0.05, 0) is 46.8 Å². The van der Waals surface area contributed by atoms with Crippen LogP contribution in [-0.4, -0.2) is 26.8 Å². The highest BCUT2D eigenvalue weighted by Gasteiger charge is 2.11. The van der Waals surface area contributed by atoms with Crippen molar-refractivity contribution in [2.45, 2.75) is 17.3 Å². The number of thioether (sulfide) groups is 1. The maximum atomic E-state index is 13.6. The first-order chi connectivity index (χ1) is 11.6. The van der Waals surface area contributed by atoms with E-state index in [0.29, 0.717) is 22.2 Å². The van der Waals surface area contributed by atoms with Crippen LogP contribution in [0.15, 0.2) is 53.4 Å². The highest BCUT2D eigenvalue weighted by molar-refractivity contribution is 7.98. The Morgan fingerprint density at radius 2 is 1.83 bits per heavy atom. The Kier molecular flexibility index (Phi) is 4.99. The van der Waals surface area contributed by atoms with Gasteiger partial charge >= 0.3 is 6.61 Å². The molecule has 9 heteroatoms. The number of alkyl halides is 2. The zero-order valence-electron chi connectivity index (χ0n) is 12.1. The molecule has 1 aromatic heterocycles. The molecule has 0 saturated heterocycles. The monoisotopic (exact) mass is 352 g/mol. The molecule has 0 saturated carbocycles. The fourth-order valence-electron chi connectivity index (χ4n) is 1.97. The third kappa shape index (κ3) is 3.85. The van der Waals surface area contributed by atoms with Crippen molar-refractivity contribution >= 4 is 11.8 Å². The molecular formula is C15H11F3N4OS. The first-order valence-electron chi connectivity index (χ1n) is 6.83. The van der Waals surface area contributed by atoms with Gasteiger partial charge in [-0.1, -0.05) is 12.1 Å². The zero-order valence-corrected chi connectivity index (χ0v) is 13.0. The van der Waals surface area contributed by atoms with E-state index in [1.165, 1.54) is 34.6 Å². The fraction of sp³-hybridized carbons (Fsp3) is 0.133. The summed E-state index contributed by atoms with van der Waals surface area (Å²) >= 11 is 1.26. The van der Waals surface area contributed by atoms with Crippen molar-refractivity contribution in [3.63, 3.8) is 0 Å². The zero-order chi connectivity index (χ0) is 16.9. The Morgan fingerprint density at radius 1 is 1.08 bits per heavy atom. The molecule has 2 aromatic carbocycles. The molecule has 0 radical (unpaired) electrons. The number of hydrogen-bond acceptors (Lipinski definition) is 5. The fourth-order valence-corrected chi connectivity index (χ4v) is 2.81. The van der Waals surface area contributed by atoms with Gasteiger partial charge in [0, 0.05) is 4.90 Å². The lowest BCUT2D eigenvalue weighted by molar-refractivity contribution is -0.0498. The minimum atomic E-state index is -2.88. The normalized spacial score (nSPS) is 11.0. The van der Waals surface area contributed by atoms with Crippen LogP contribution in [-0.2, 0) is 5.75 Å². The third-order valence-corrected chi connectivity index (χ3v) is 4.08. The van der Waals surface area contributed by atoms with E-state index in [2.05, 4.69) is 20.3 Å². The summed E-state index contributed by atoms with van der Waals surface area (Å²) in [6.07, 6.45) is 0. The van der Waals surface area contributed by atoms with Crippen molar-refractivity contribution in [3.05, 3.63) is 60.2 Å². The van der Waals surface area contributed by atoms with Crippen molar-refractivity contribution in [2.24, 2.45) is 0 Å². The van der Waals surface area contributed by atoms with Gasteiger partial charge in [0.1, 0.15) is 11.6 Å². The maximum absolute atomic E-state index is 13.6. The summed E-state index contributed by atoms with van der Waals surface area (Å²) in [5.41, 5.74) is 0.589. The number of aromatic nitrogens is 4. The average molecular weight is 352 g/mol. The van der Waals surface area contributed by atoms with Gasteiger partial charge in [-0.3, -0.25) is 0 Å². The summed E-state index contributed by atoms with van der Waals surface area (Å²) in [5.74, 6) is 0.591. The van der Waals surface area contributed by atoms with Crippen LogP contribution in [0.3, 0.4) is 0 Å². The predicted molar refractivity (Wildman–Crippen MR) is 81.7 cm³/mol. The Labute approximate surface area is 139 Å². The second kappa shape index (κ2) is 7.35. The standard InChI is InChI=1S/C15H11F3N4OS/c16-12-3-1-2-4-13(12)24-9-14-19-20-21-22(14)10-5-7-11(8-6-10)23-15(17)18/h1-8,15H,9H2. The van der Waals surface area contributed by atoms with Crippen LogP contribution < -0.4 is 4.74 Å². The number of rotatable bonds is 6. The molecule has 0 aliphatic rings. The lowest BCUT2D eigenvalue weighted by Gasteiger charge is -2.07. The van der Waals surface area contributed by atoms with E-state index in [1.54, 1.807) is 30.3 Å². The van der Waals surface area contributed by atoms with Crippen LogP contribution in [0, 0.1) is 5.82 Å². The van der Waals surface area contributed by atoms with Gasteiger partial charge in [0.15, 0.2) is 5.82 Å². The average Bonchev–Trinajstić information content (AvgIpc) is 3.03. The molecule has 0 atom stereocenters. The quantitative estimate of drug-likeness (QED) is 0.633. The molecule has 3 aromatic rings. The lowest BCUT2D eigenvalue weighted by atomic mass is 10.3. The molecule has 1 heterocycles. The molecular weight excluding hydrogens is 341 g/mol. The van der Waals surface area contributed by atoms with Crippen LogP contribution in [0.5, 0.6) is 5.75 Å². The van der Waals surface area contributed by atoms with Gasteiger partial charge in [-0.25, -0.2) is 4.39 Å². The molecule has 5 nitrogen and oxygen atoms in total. The van der Waals surface area contributed by atoms with Crippen LogP contribution >= 0.6 is 11.8 Å². The van der Waals surface area contributed by atoms with Crippen molar-refractivity contribution < 1.29 is 17.9 Å². The van der Waals surface area contributed by atoms with Crippen molar-refractivity contribution in [1.82, 2.24) is 20.2 Å². The largest absolute Gasteiger partial charge is 0.435 e. The number of hydrogen-bond donors (Lipinski definition) is 0. The molecule has 0 amide bonds. The third-order valence-electron chi connectivity index (χ3n) is 3.03. The number of halogens is 3. The maximum Gasteiger partial charge on any atom is 0.387 e. The Bertz CT molecular complexity index is 810. The SMILES string of the molecule is Fc1ccccc1SCc1nnnn1-c1ccc(OC(F)F)cc1. The smallest absolute Gasteiger partial charge is 0.387 e. The summed E-state index contributed by atoms with van der Waals surface area (Å²) in [6, 6.07) is 12.3. The van der Waals surface area contributed by atoms with Crippen LogP contribution in [0.1, 0.15) is 5.82 Å². The molecule has 3 rings (SSSR count). The highest BCUT2D eigenvalue weighted by Crippen LogP contribution is 2.25. The highest BCUT2D eigenvalue weighted by atomic mass is 32.2. The first kappa shape index (κ1) is 16.3. The van der Waals surface area contributed by atoms with E-state index < -0.39 is 6.61 Å². The predicted octanol–water partition coefficient (Wildman–Crippen LogP) is 3.70.